The molecule has 1 atom stereocenters. The molecule has 0 aromatic carbocycles. The van der Waals surface area contributed by atoms with Crippen molar-refractivity contribution >= 4 is 5.91 Å². The maximum Gasteiger partial charge on any atom is 0.274 e. The van der Waals surface area contributed by atoms with Gasteiger partial charge in [0.05, 0.1) is 12.7 Å². The quantitative estimate of drug-likeness (QED) is 0.828. The van der Waals surface area contributed by atoms with Gasteiger partial charge in [0.2, 0.25) is 0 Å². The number of hydrogen-bond acceptors (Lipinski definition) is 6. The van der Waals surface area contributed by atoms with Gasteiger partial charge in [-0.25, -0.2) is 9.97 Å². The lowest BCUT2D eigenvalue weighted by atomic mass is 10.1. The molecule has 1 amide bonds. The summed E-state index contributed by atoms with van der Waals surface area (Å²) in [6.45, 7) is 1.69. The summed E-state index contributed by atoms with van der Waals surface area (Å²) in [5.41, 5.74) is 1.36. The minimum Gasteiger partial charge on any atom is -0.375 e. The molecule has 22 heavy (non-hydrogen) atoms. The van der Waals surface area contributed by atoms with Gasteiger partial charge in [0.15, 0.2) is 5.69 Å². The third-order valence-electron chi connectivity index (χ3n) is 3.58. The molecule has 0 spiro atoms. The number of aryl methyl sites for hydroxylation is 1. The highest BCUT2D eigenvalue weighted by molar-refractivity contribution is 5.92. The summed E-state index contributed by atoms with van der Waals surface area (Å²) in [4.78, 5) is 22.2. The summed E-state index contributed by atoms with van der Waals surface area (Å²) in [6, 6.07) is 5.29. The van der Waals surface area contributed by atoms with Crippen molar-refractivity contribution in [2.45, 2.75) is 18.9 Å². The number of nitrogens with zero attached hydrogens (tertiary/aromatic N) is 5. The molecule has 3 heterocycles. The van der Waals surface area contributed by atoms with E-state index in [0.29, 0.717) is 25.4 Å². The highest BCUT2D eigenvalue weighted by Gasteiger charge is 2.25. The largest absolute Gasteiger partial charge is 0.375 e. The Kier molecular flexibility index (Phi) is 4.65. The zero-order valence-electron chi connectivity index (χ0n) is 12.1. The molecule has 114 valence electrons. The Morgan fingerprint density at radius 2 is 2.32 bits per heavy atom. The predicted octanol–water partition coefficient (Wildman–Crippen LogP) is 0.740. The molecule has 0 radical (unpaired) electrons. The number of carbonyl (C=O) groups excluding carboxylic acids is 1. The number of aromatic nitrogens is 4. The minimum absolute atomic E-state index is 0.0179. The predicted molar refractivity (Wildman–Crippen MR) is 78.0 cm³/mol. The fourth-order valence-electron chi connectivity index (χ4n) is 2.43. The first kappa shape index (κ1) is 14.5. The van der Waals surface area contributed by atoms with E-state index in [9.17, 15) is 4.79 Å². The van der Waals surface area contributed by atoms with Crippen molar-refractivity contribution in [2.24, 2.45) is 0 Å². The second-order valence-corrected chi connectivity index (χ2v) is 5.09. The van der Waals surface area contributed by atoms with E-state index in [-0.39, 0.29) is 12.0 Å². The first-order valence-corrected chi connectivity index (χ1v) is 7.26. The lowest BCUT2D eigenvalue weighted by molar-refractivity contribution is -0.0249. The van der Waals surface area contributed by atoms with Crippen LogP contribution in [0.1, 0.15) is 22.6 Å². The Labute approximate surface area is 128 Å². The van der Waals surface area contributed by atoms with Gasteiger partial charge in [0, 0.05) is 31.2 Å². The molecule has 1 unspecified atom stereocenters. The van der Waals surface area contributed by atoms with Crippen molar-refractivity contribution in [3.63, 3.8) is 0 Å². The van der Waals surface area contributed by atoms with Gasteiger partial charge in [-0.1, -0.05) is 0 Å². The topological polar surface area (TPSA) is 81.1 Å². The number of carbonyl (C=O) groups is 1. The Morgan fingerprint density at radius 3 is 3.09 bits per heavy atom. The van der Waals surface area contributed by atoms with Gasteiger partial charge in [0.25, 0.3) is 5.91 Å². The van der Waals surface area contributed by atoms with Crippen molar-refractivity contribution in [3.8, 4) is 0 Å². The smallest absolute Gasteiger partial charge is 0.274 e. The molecule has 0 bridgehead atoms. The van der Waals surface area contributed by atoms with Crippen LogP contribution in [0.5, 0.6) is 0 Å². The average molecular weight is 299 g/mol. The van der Waals surface area contributed by atoms with Gasteiger partial charge < -0.3 is 9.64 Å². The second-order valence-electron chi connectivity index (χ2n) is 5.09. The molecule has 0 saturated carbocycles. The van der Waals surface area contributed by atoms with Crippen LogP contribution in [0.2, 0.25) is 0 Å². The molecule has 1 aliphatic heterocycles. The molecule has 0 aliphatic carbocycles. The third-order valence-corrected chi connectivity index (χ3v) is 3.58. The standard InChI is InChI=1S/C15H17N5O2/c21-15(14-2-1-6-18-19-14)20-8-9-22-13(10-20)4-3-12-5-7-16-11-17-12/h1-2,5-7,11,13H,3-4,8-10H2. The monoisotopic (exact) mass is 299 g/mol. The second kappa shape index (κ2) is 7.04. The van der Waals surface area contributed by atoms with Gasteiger partial charge in [-0.3, -0.25) is 4.79 Å². The van der Waals surface area contributed by atoms with E-state index in [1.54, 1.807) is 35.8 Å². The highest BCUT2D eigenvalue weighted by Crippen LogP contribution is 2.13. The van der Waals surface area contributed by atoms with Crippen LogP contribution in [-0.2, 0) is 11.2 Å². The third kappa shape index (κ3) is 3.62. The van der Waals surface area contributed by atoms with Crippen molar-refractivity contribution < 1.29 is 9.53 Å². The Balaban J connectivity index is 1.56. The summed E-state index contributed by atoms with van der Waals surface area (Å²) < 4.78 is 5.74. The number of hydrogen-bond donors (Lipinski definition) is 0. The molecule has 1 aliphatic rings. The van der Waals surface area contributed by atoms with Crippen LogP contribution in [0.3, 0.4) is 0 Å². The van der Waals surface area contributed by atoms with Crippen LogP contribution < -0.4 is 0 Å². The Bertz CT molecular complexity index is 608. The fraction of sp³-hybridized carbons (Fsp3) is 0.400. The molecule has 2 aromatic heterocycles. The number of rotatable bonds is 4. The van der Waals surface area contributed by atoms with E-state index < -0.39 is 0 Å². The molecular formula is C15H17N5O2. The van der Waals surface area contributed by atoms with Gasteiger partial charge >= 0.3 is 0 Å². The number of amides is 1. The first-order chi connectivity index (χ1) is 10.8. The van der Waals surface area contributed by atoms with Crippen LogP contribution >= 0.6 is 0 Å². The van der Waals surface area contributed by atoms with E-state index in [0.717, 1.165) is 18.5 Å². The van der Waals surface area contributed by atoms with E-state index in [1.165, 1.54) is 0 Å². The summed E-state index contributed by atoms with van der Waals surface area (Å²) in [5.74, 6) is -0.0940. The Morgan fingerprint density at radius 1 is 1.36 bits per heavy atom. The van der Waals surface area contributed by atoms with Gasteiger partial charge in [0.1, 0.15) is 6.33 Å². The molecule has 3 rings (SSSR count). The van der Waals surface area contributed by atoms with Gasteiger partial charge in [-0.15, -0.1) is 5.10 Å². The zero-order valence-corrected chi connectivity index (χ0v) is 12.1. The number of ether oxygens (including phenoxy) is 1. The van der Waals surface area contributed by atoms with Crippen LogP contribution in [0.15, 0.2) is 36.9 Å². The first-order valence-electron chi connectivity index (χ1n) is 7.26. The minimum atomic E-state index is -0.0940. The van der Waals surface area contributed by atoms with Crippen molar-refractivity contribution in [1.29, 1.82) is 0 Å². The molecule has 0 N–H and O–H groups in total. The maximum absolute atomic E-state index is 12.4. The molecule has 2 aromatic rings. The van der Waals surface area contributed by atoms with Gasteiger partial charge in [-0.2, -0.15) is 5.10 Å². The molecular weight excluding hydrogens is 282 g/mol. The van der Waals surface area contributed by atoms with E-state index in [4.69, 9.17) is 4.74 Å². The van der Waals surface area contributed by atoms with Crippen LogP contribution in [-0.4, -0.2) is 56.8 Å². The molecule has 1 fully saturated rings. The molecule has 1 saturated heterocycles. The summed E-state index contributed by atoms with van der Waals surface area (Å²) in [6.07, 6.45) is 6.47. The summed E-state index contributed by atoms with van der Waals surface area (Å²) in [5, 5.41) is 7.63. The highest BCUT2D eigenvalue weighted by atomic mass is 16.5. The van der Waals surface area contributed by atoms with Crippen LogP contribution in [0.4, 0.5) is 0 Å². The normalized spacial score (nSPS) is 18.2. The summed E-state index contributed by atoms with van der Waals surface area (Å²) >= 11 is 0. The SMILES string of the molecule is O=C(c1cccnn1)N1CCOC(CCc2ccncn2)C1. The summed E-state index contributed by atoms with van der Waals surface area (Å²) in [7, 11) is 0. The molecule has 7 nitrogen and oxygen atoms in total. The van der Waals surface area contributed by atoms with Crippen molar-refractivity contribution in [2.75, 3.05) is 19.7 Å². The average Bonchev–Trinajstić information content (AvgIpc) is 2.61. The van der Waals surface area contributed by atoms with Crippen LogP contribution in [0, 0.1) is 0 Å². The van der Waals surface area contributed by atoms with Crippen molar-refractivity contribution in [3.05, 3.63) is 48.3 Å². The van der Waals surface area contributed by atoms with E-state index in [2.05, 4.69) is 20.2 Å². The maximum atomic E-state index is 12.4. The van der Waals surface area contributed by atoms with E-state index >= 15 is 0 Å². The van der Waals surface area contributed by atoms with Gasteiger partial charge in [-0.05, 0) is 31.0 Å². The molecule has 7 heteroatoms. The number of morpholine rings is 1. The zero-order chi connectivity index (χ0) is 15.2. The van der Waals surface area contributed by atoms with Crippen molar-refractivity contribution in [1.82, 2.24) is 25.1 Å². The van der Waals surface area contributed by atoms with E-state index in [1.807, 2.05) is 6.07 Å². The fourth-order valence-corrected chi connectivity index (χ4v) is 2.43. The van der Waals surface area contributed by atoms with Crippen LogP contribution in [0.25, 0.3) is 0 Å². The Hall–Kier alpha value is -2.41. The lowest BCUT2D eigenvalue weighted by Crippen LogP contribution is -2.46. The lowest BCUT2D eigenvalue weighted by Gasteiger charge is -2.32.